The normalized spacial score (nSPS) is 16.3. The van der Waals surface area contributed by atoms with Crippen LogP contribution in [0.1, 0.15) is 139 Å². The molecule has 0 N–H and O–H groups in total. The SMILES string of the molecule is CC(C)C(CCC1CCCC1)C(C)C.CC(C)C(CCC1CCCC1)C(C)C.[CH2-]C.[CH3-].[Cl][Ti][Cl]. The molecule has 0 aromatic carbocycles. The van der Waals surface area contributed by atoms with E-state index in [1.54, 1.807) is 6.92 Å². The van der Waals surface area contributed by atoms with E-state index in [1.165, 1.54) is 77.0 Å². The van der Waals surface area contributed by atoms with Crippen molar-refractivity contribution in [2.24, 2.45) is 47.3 Å². The molecule has 2 aliphatic carbocycles. The Bertz CT molecular complexity index is 331. The molecule has 0 amide bonds. The van der Waals surface area contributed by atoms with Gasteiger partial charge in [0.05, 0.1) is 0 Å². The summed E-state index contributed by atoms with van der Waals surface area (Å²) in [5, 5.41) is 0. The molecule has 0 heterocycles. The van der Waals surface area contributed by atoms with Gasteiger partial charge in [-0.05, 0) is 60.2 Å². The van der Waals surface area contributed by atoms with Crippen LogP contribution in [0.25, 0.3) is 0 Å². The molecule has 208 valence electrons. The van der Waals surface area contributed by atoms with Gasteiger partial charge in [-0.1, -0.05) is 120 Å². The minimum absolute atomic E-state index is 0. The summed E-state index contributed by atoms with van der Waals surface area (Å²) in [6.07, 6.45) is 18.0. The fourth-order valence-electron chi connectivity index (χ4n) is 6.33. The quantitative estimate of drug-likeness (QED) is 0.186. The summed E-state index contributed by atoms with van der Waals surface area (Å²) in [7, 11) is 9.78. The first kappa shape index (κ1) is 39.8. The second kappa shape index (κ2) is 25.9. The number of hydrogen-bond donors (Lipinski definition) is 0. The van der Waals surface area contributed by atoms with Gasteiger partial charge in [0.15, 0.2) is 0 Å². The van der Waals surface area contributed by atoms with Gasteiger partial charge in [0.25, 0.3) is 0 Å². The van der Waals surface area contributed by atoms with Crippen LogP contribution in [-0.2, 0) is 17.0 Å². The van der Waals surface area contributed by atoms with E-state index in [-0.39, 0.29) is 7.43 Å². The van der Waals surface area contributed by atoms with Crippen LogP contribution in [0.3, 0.4) is 0 Å². The fraction of sp³-hybridized carbons (Fsp3) is 0.935. The molecule has 0 aromatic heterocycles. The summed E-state index contributed by atoms with van der Waals surface area (Å²) in [5.41, 5.74) is 0. The summed E-state index contributed by atoms with van der Waals surface area (Å²) in [4.78, 5) is 0. The summed E-state index contributed by atoms with van der Waals surface area (Å²) in [6.45, 7) is 24.1. The zero-order valence-corrected chi connectivity index (χ0v) is 28.1. The molecule has 3 heteroatoms. The zero-order chi connectivity index (χ0) is 25.8. The van der Waals surface area contributed by atoms with E-state index in [0.29, 0.717) is 0 Å². The van der Waals surface area contributed by atoms with Crippen LogP contribution in [0.2, 0.25) is 0 Å². The molecule has 0 saturated heterocycles. The van der Waals surface area contributed by atoms with Crippen LogP contribution in [-0.4, -0.2) is 0 Å². The van der Waals surface area contributed by atoms with Gasteiger partial charge in [0.2, 0.25) is 0 Å². The van der Waals surface area contributed by atoms with Crippen molar-refractivity contribution in [3.05, 3.63) is 14.4 Å². The van der Waals surface area contributed by atoms with Crippen molar-refractivity contribution in [3.63, 3.8) is 0 Å². The Morgan fingerprint density at radius 1 is 0.588 bits per heavy atom. The van der Waals surface area contributed by atoms with E-state index in [4.69, 9.17) is 18.6 Å². The fourth-order valence-corrected chi connectivity index (χ4v) is 6.33. The topological polar surface area (TPSA) is 0 Å². The van der Waals surface area contributed by atoms with E-state index in [9.17, 15) is 0 Å². The Balaban J connectivity index is -0.000000464. The molecule has 0 unspecified atom stereocenters. The molecule has 0 nitrogen and oxygen atoms in total. The van der Waals surface area contributed by atoms with Gasteiger partial charge in [-0.25, -0.2) is 0 Å². The van der Waals surface area contributed by atoms with Crippen LogP contribution in [0.15, 0.2) is 0 Å². The van der Waals surface area contributed by atoms with Gasteiger partial charge in [0.1, 0.15) is 0 Å². The van der Waals surface area contributed by atoms with Gasteiger partial charge >= 0.3 is 35.6 Å². The molecule has 2 aliphatic rings. The standard InChI is InChI=1S/2C14H28.C2H5.CH3.2ClH.Ti/c2*1-11(2)14(12(3)4)10-9-13-7-5-6-8-13;1-2;;;;/h2*11-14H,5-10H2,1-4H3;1H2,2H3;1H3;2*1H;/q;;2*-1;;;+2/p-2. The molecule has 0 aliphatic heterocycles. The first-order chi connectivity index (χ1) is 15.6. The molecule has 0 aromatic rings. The molecule has 2 rings (SSSR count). The molecule has 0 bridgehead atoms. The van der Waals surface area contributed by atoms with Crippen LogP contribution in [0.4, 0.5) is 0 Å². The van der Waals surface area contributed by atoms with Crippen molar-refractivity contribution in [1.82, 2.24) is 0 Å². The predicted octanol–water partition coefficient (Wildman–Crippen LogP) is 12.4. The number of halogens is 2. The molecule has 0 atom stereocenters. The number of rotatable bonds is 10. The summed E-state index contributed by atoms with van der Waals surface area (Å²) in [5.74, 6) is 7.55. The van der Waals surface area contributed by atoms with Crippen molar-refractivity contribution >= 4 is 18.6 Å². The average Bonchev–Trinajstić information content (AvgIpc) is 3.44. The van der Waals surface area contributed by atoms with Gasteiger partial charge in [0, 0.05) is 0 Å². The molecule has 0 radical (unpaired) electrons. The van der Waals surface area contributed by atoms with Crippen molar-refractivity contribution < 1.29 is 17.0 Å². The Kier molecular flexibility index (Phi) is 30.3. The second-order valence-corrected chi connectivity index (χ2v) is 14.4. The van der Waals surface area contributed by atoms with Gasteiger partial charge < -0.3 is 14.4 Å². The maximum absolute atomic E-state index is 4.89. The first-order valence-electron chi connectivity index (χ1n) is 14.3. The third kappa shape index (κ3) is 20.4. The Morgan fingerprint density at radius 2 is 0.794 bits per heavy atom. The maximum atomic E-state index is 4.89. The van der Waals surface area contributed by atoms with Crippen molar-refractivity contribution in [1.29, 1.82) is 0 Å². The minimum atomic E-state index is -0.556. The average molecular weight is 556 g/mol. The number of hydrogen-bond acceptors (Lipinski definition) is 0. The summed E-state index contributed by atoms with van der Waals surface area (Å²) < 4.78 is 0. The van der Waals surface area contributed by atoms with Gasteiger partial charge in [-0.3, -0.25) is 0 Å². The van der Waals surface area contributed by atoms with E-state index >= 15 is 0 Å². The molecule has 34 heavy (non-hydrogen) atoms. The summed E-state index contributed by atoms with van der Waals surface area (Å²) >= 11 is -0.556. The Hall–Kier alpha value is 1.29. The van der Waals surface area contributed by atoms with Crippen molar-refractivity contribution in [2.75, 3.05) is 0 Å². The van der Waals surface area contributed by atoms with E-state index in [0.717, 1.165) is 47.3 Å². The molecular weight excluding hydrogens is 491 g/mol. The third-order valence-electron chi connectivity index (χ3n) is 8.19. The Morgan fingerprint density at radius 3 is 0.971 bits per heavy atom. The van der Waals surface area contributed by atoms with Gasteiger partial charge in [-0.15, -0.1) is 0 Å². The van der Waals surface area contributed by atoms with E-state index in [2.05, 4.69) is 62.3 Å². The molecule has 2 saturated carbocycles. The van der Waals surface area contributed by atoms with Crippen LogP contribution in [0, 0.1) is 61.7 Å². The second-order valence-electron chi connectivity index (χ2n) is 11.8. The molecule has 0 spiro atoms. The predicted molar refractivity (Wildman–Crippen MR) is 158 cm³/mol. The molecule has 2 fully saturated rings. The van der Waals surface area contributed by atoms with Crippen molar-refractivity contribution in [2.45, 2.75) is 139 Å². The summed E-state index contributed by atoms with van der Waals surface area (Å²) in [6, 6.07) is 0. The molecular formula is C31H64Cl2Ti-2. The Labute approximate surface area is 235 Å². The van der Waals surface area contributed by atoms with Crippen LogP contribution < -0.4 is 0 Å². The van der Waals surface area contributed by atoms with E-state index < -0.39 is 17.0 Å². The monoisotopic (exact) mass is 554 g/mol. The van der Waals surface area contributed by atoms with Crippen LogP contribution in [0.5, 0.6) is 0 Å². The van der Waals surface area contributed by atoms with Crippen molar-refractivity contribution in [3.8, 4) is 0 Å². The van der Waals surface area contributed by atoms with Crippen LogP contribution >= 0.6 is 18.6 Å². The first-order valence-corrected chi connectivity index (χ1v) is 18.6. The van der Waals surface area contributed by atoms with E-state index in [1.807, 2.05) is 0 Å². The van der Waals surface area contributed by atoms with Gasteiger partial charge in [-0.2, -0.15) is 6.92 Å². The zero-order valence-electron chi connectivity index (χ0n) is 25.1. The third-order valence-corrected chi connectivity index (χ3v) is 8.19.